The van der Waals surface area contributed by atoms with E-state index in [2.05, 4.69) is 36.3 Å². The quantitative estimate of drug-likeness (QED) is 0.204. The Morgan fingerprint density at radius 1 is 1.21 bits per heavy atom. The summed E-state index contributed by atoms with van der Waals surface area (Å²) in [6.07, 6.45) is 9.59. The van der Waals surface area contributed by atoms with E-state index >= 15 is 0 Å². The maximum atomic E-state index is 13.5. The first-order chi connectivity index (χ1) is 16.4. The molecule has 0 saturated heterocycles. The Kier molecular flexibility index (Phi) is 4.93. The van der Waals surface area contributed by atoms with Crippen LogP contribution in [0.15, 0.2) is 33.4 Å². The van der Waals surface area contributed by atoms with E-state index in [9.17, 15) is 9.59 Å². The number of fused-ring (bicyclic) bond motifs is 3. The Bertz CT molecular complexity index is 1580. The van der Waals surface area contributed by atoms with E-state index in [1.165, 1.54) is 13.1 Å². The number of nitrogens with zero attached hydrogens (tertiary/aromatic N) is 8. The molecule has 0 amide bonds. The van der Waals surface area contributed by atoms with Crippen LogP contribution in [-0.4, -0.2) is 49.2 Å². The van der Waals surface area contributed by atoms with Crippen LogP contribution in [0.2, 0.25) is 0 Å². The molecule has 0 bridgehead atoms. The molecule has 12 heteroatoms. The summed E-state index contributed by atoms with van der Waals surface area (Å²) in [5.74, 6) is 1.29. The van der Waals surface area contributed by atoms with Gasteiger partial charge in [-0.15, -0.1) is 0 Å². The van der Waals surface area contributed by atoms with Gasteiger partial charge in [0.25, 0.3) is 0 Å². The molecule has 1 aliphatic heterocycles. The van der Waals surface area contributed by atoms with Crippen molar-refractivity contribution in [2.45, 2.75) is 39.4 Å². The summed E-state index contributed by atoms with van der Waals surface area (Å²) in [7, 11) is 0. The van der Waals surface area contributed by atoms with Gasteiger partial charge in [-0.3, -0.25) is 4.79 Å². The number of anilines is 1. The van der Waals surface area contributed by atoms with Crippen molar-refractivity contribution in [1.29, 1.82) is 0 Å². The van der Waals surface area contributed by atoms with Gasteiger partial charge in [0.05, 0.1) is 0 Å². The Labute approximate surface area is 201 Å². The van der Waals surface area contributed by atoms with Crippen LogP contribution in [0.5, 0.6) is 0 Å². The molecule has 5 heterocycles. The van der Waals surface area contributed by atoms with Crippen LogP contribution < -0.4 is 11.4 Å². The molecule has 4 aromatic heterocycles. The summed E-state index contributed by atoms with van der Waals surface area (Å²) in [5, 5.41) is 8.90. The van der Waals surface area contributed by atoms with E-state index in [4.69, 9.17) is 10.7 Å². The van der Waals surface area contributed by atoms with Gasteiger partial charge in [-0.2, -0.15) is 0 Å². The molecule has 2 aliphatic rings. The van der Waals surface area contributed by atoms with Gasteiger partial charge in [-0.05, 0) is 6.92 Å². The Morgan fingerprint density at radius 3 is 2.71 bits per heavy atom. The Morgan fingerprint density at radius 2 is 2.03 bits per heavy atom. The number of ketones is 1. The summed E-state index contributed by atoms with van der Waals surface area (Å²) >= 11 is -1.42. The molecular formula is C22H24IN9O2. The predicted molar refractivity (Wildman–Crippen MR) is 137 cm³/mol. The zero-order valence-electron chi connectivity index (χ0n) is 18.8. The molecule has 1 aliphatic carbocycles. The van der Waals surface area contributed by atoms with E-state index < -0.39 is 19.8 Å². The van der Waals surface area contributed by atoms with Gasteiger partial charge < -0.3 is 0 Å². The standard InChI is InChI=1S/C22H24IN9O2/c1-13(33)15-10-25-29(12-15)8-9-30-19-17(31(22(30)34)11-14-5-6-14)20-26-18(16-4-3-7-23(16)2)28-32(20)21(24)27-19/h3-4,7,10,12,14H,5-6,8-9,11H2,1-2H3,(H2,24,27). The van der Waals surface area contributed by atoms with Crippen LogP contribution in [0, 0.1) is 5.92 Å². The molecule has 0 spiro atoms. The molecule has 1 fully saturated rings. The number of Topliss-reactive ketones (excluding diaryl/α,β-unsaturated/α-hetero) is 1. The fraction of sp³-hybridized carbons (Fsp3) is 0.364. The maximum absolute atomic E-state index is 13.5. The monoisotopic (exact) mass is 573 g/mol. The van der Waals surface area contributed by atoms with E-state index in [-0.39, 0.29) is 17.4 Å². The summed E-state index contributed by atoms with van der Waals surface area (Å²) in [6.45, 7) is 2.89. The summed E-state index contributed by atoms with van der Waals surface area (Å²) in [6, 6.07) is 0. The number of carbonyl (C=O) groups excluding carboxylic acids is 1. The predicted octanol–water partition coefficient (Wildman–Crippen LogP) is 2.34. The Balaban J connectivity index is 1.48. The zero-order valence-corrected chi connectivity index (χ0v) is 21.0. The molecule has 0 atom stereocenters. The number of allylic oxidation sites excluding steroid dienone is 2. The number of aromatic nitrogens is 8. The van der Waals surface area contributed by atoms with E-state index in [1.807, 2.05) is 0 Å². The second-order valence-electron chi connectivity index (χ2n) is 8.70. The van der Waals surface area contributed by atoms with Crippen LogP contribution in [-0.2, 0) is 19.6 Å². The minimum absolute atomic E-state index is 0.0470. The number of alkyl halides is 1. The molecule has 0 unspecified atom stereocenters. The van der Waals surface area contributed by atoms with Crippen LogP contribution in [0.1, 0.15) is 35.9 Å². The topological polar surface area (TPSA) is 131 Å². The molecule has 0 radical (unpaired) electrons. The molecule has 0 aromatic carbocycles. The number of aryl methyl sites for hydroxylation is 2. The summed E-state index contributed by atoms with van der Waals surface area (Å²) < 4.78 is 10.0. The fourth-order valence-electron chi connectivity index (χ4n) is 4.20. The number of hydrogen-bond acceptors (Lipinski definition) is 7. The van der Waals surface area contributed by atoms with Gasteiger partial charge >= 0.3 is 184 Å². The van der Waals surface area contributed by atoms with Crippen molar-refractivity contribution < 1.29 is 4.79 Å². The van der Waals surface area contributed by atoms with E-state index in [0.29, 0.717) is 53.8 Å². The first kappa shape index (κ1) is 21.3. The Hall–Kier alpha value is -3.29. The molecule has 4 aromatic rings. The molecule has 34 heavy (non-hydrogen) atoms. The van der Waals surface area contributed by atoms with Gasteiger partial charge in [-0.1, -0.05) is 0 Å². The number of nitrogen functional groups attached to an aromatic ring is 1. The average Bonchev–Trinajstić information content (AvgIpc) is 3.14. The second kappa shape index (κ2) is 7.89. The number of nitrogens with two attached hydrogens (primary N) is 1. The third-order valence-corrected chi connectivity index (χ3v) is 10.4. The van der Waals surface area contributed by atoms with Crippen molar-refractivity contribution in [3.05, 3.63) is 50.5 Å². The van der Waals surface area contributed by atoms with Gasteiger partial charge in [-0.25, -0.2) is 0 Å². The van der Waals surface area contributed by atoms with E-state index in [0.717, 1.165) is 16.4 Å². The molecule has 176 valence electrons. The van der Waals surface area contributed by atoms with Crippen LogP contribution in [0.3, 0.4) is 0 Å². The molecule has 11 nitrogen and oxygen atoms in total. The second-order valence-corrected chi connectivity index (χ2v) is 13.5. The number of carbonyl (C=O) groups is 1. The number of rotatable bonds is 7. The van der Waals surface area contributed by atoms with Crippen molar-refractivity contribution in [2.75, 3.05) is 10.7 Å². The van der Waals surface area contributed by atoms with Crippen LogP contribution >= 0.6 is 19.8 Å². The third-order valence-electron chi connectivity index (χ3n) is 6.22. The van der Waals surface area contributed by atoms with E-state index in [1.54, 1.807) is 24.5 Å². The van der Waals surface area contributed by atoms with Crippen molar-refractivity contribution in [3.8, 4) is 0 Å². The van der Waals surface area contributed by atoms with Gasteiger partial charge in [0.1, 0.15) is 0 Å². The van der Waals surface area contributed by atoms with Crippen molar-refractivity contribution >= 4 is 51.9 Å². The zero-order chi connectivity index (χ0) is 23.6. The van der Waals surface area contributed by atoms with Crippen molar-refractivity contribution in [1.82, 2.24) is 38.5 Å². The molecule has 2 N–H and O–H groups in total. The van der Waals surface area contributed by atoms with Crippen molar-refractivity contribution in [3.63, 3.8) is 0 Å². The number of imidazole rings is 1. The van der Waals surface area contributed by atoms with Gasteiger partial charge in [0.2, 0.25) is 0 Å². The third kappa shape index (κ3) is 3.47. The fourth-order valence-corrected chi connectivity index (χ4v) is 7.18. The van der Waals surface area contributed by atoms with Gasteiger partial charge in [0, 0.05) is 0 Å². The number of halogens is 1. The minimum atomic E-state index is -1.42. The summed E-state index contributed by atoms with van der Waals surface area (Å²) in [4.78, 5) is 36.8. The molecule has 1 saturated carbocycles. The van der Waals surface area contributed by atoms with Crippen LogP contribution in [0.4, 0.5) is 5.95 Å². The number of hydrogen-bond donors (Lipinski definition) is 1. The van der Waals surface area contributed by atoms with Gasteiger partial charge in [0.15, 0.2) is 5.78 Å². The first-order valence-electron chi connectivity index (χ1n) is 11.1. The van der Waals surface area contributed by atoms with Crippen molar-refractivity contribution in [2.24, 2.45) is 5.92 Å². The molecule has 6 rings (SSSR count). The average molecular weight is 573 g/mol. The molecular weight excluding hydrogens is 549 g/mol. The summed E-state index contributed by atoms with van der Waals surface area (Å²) in [5.41, 5.74) is 8.42. The van der Waals surface area contributed by atoms with Crippen LogP contribution in [0.25, 0.3) is 20.4 Å². The first-order valence-corrected chi connectivity index (χ1v) is 15.5. The SMILES string of the molecule is CC(=O)c1cnn(CCn2c(=O)n(CC3CC3)c3c2nc(N)n2nc(C4=CC=CI4C)nc32)c1. The normalized spacial score (nSPS) is 16.8.